The molecule has 1 N–H and O–H groups in total. The number of aromatic nitrogens is 4. The molecule has 0 radical (unpaired) electrons. The van der Waals surface area contributed by atoms with Crippen LogP contribution in [0.15, 0.2) is 36.9 Å². The Labute approximate surface area is 195 Å². The van der Waals surface area contributed by atoms with Gasteiger partial charge in [-0.25, -0.2) is 14.5 Å². The second kappa shape index (κ2) is 9.87. The average molecular weight is 450 g/mol. The molecule has 7 nitrogen and oxygen atoms in total. The monoisotopic (exact) mass is 449 g/mol. The van der Waals surface area contributed by atoms with Crippen molar-refractivity contribution in [2.75, 3.05) is 20.6 Å². The smallest absolute Gasteiger partial charge is 0.153 e. The van der Waals surface area contributed by atoms with Crippen molar-refractivity contribution in [2.45, 2.75) is 69.7 Å². The van der Waals surface area contributed by atoms with E-state index in [-0.39, 0.29) is 12.2 Å². The zero-order valence-electron chi connectivity index (χ0n) is 19.7. The Morgan fingerprint density at radius 1 is 1.03 bits per heavy atom. The second-order valence-electron chi connectivity index (χ2n) is 10.1. The van der Waals surface area contributed by atoms with E-state index >= 15 is 0 Å². The third kappa shape index (κ3) is 5.10. The molecule has 7 heteroatoms. The number of aliphatic hydroxyl groups excluding tert-OH is 1. The van der Waals surface area contributed by atoms with E-state index in [9.17, 15) is 5.11 Å². The normalized spacial score (nSPS) is 25.8. The lowest BCUT2D eigenvalue weighted by Crippen LogP contribution is -2.25. The van der Waals surface area contributed by atoms with E-state index in [4.69, 9.17) is 4.74 Å². The lowest BCUT2D eigenvalue weighted by atomic mass is 9.79. The van der Waals surface area contributed by atoms with Crippen LogP contribution in [0.25, 0.3) is 16.6 Å². The Morgan fingerprint density at radius 3 is 2.52 bits per heavy atom. The van der Waals surface area contributed by atoms with Crippen molar-refractivity contribution in [3.8, 4) is 11.1 Å². The van der Waals surface area contributed by atoms with E-state index in [1.807, 2.05) is 23.1 Å². The molecular weight excluding hydrogens is 414 g/mol. The fourth-order valence-electron chi connectivity index (χ4n) is 5.53. The molecule has 2 aliphatic carbocycles. The summed E-state index contributed by atoms with van der Waals surface area (Å²) in [5.41, 5.74) is 4.64. The van der Waals surface area contributed by atoms with Gasteiger partial charge >= 0.3 is 0 Å². The summed E-state index contributed by atoms with van der Waals surface area (Å²) in [6.07, 6.45) is 15.2. The largest absolute Gasteiger partial charge is 0.390 e. The molecule has 0 bridgehead atoms. The predicted molar refractivity (Wildman–Crippen MR) is 128 cm³/mol. The van der Waals surface area contributed by atoms with Gasteiger partial charge in [-0.3, -0.25) is 0 Å². The molecule has 176 valence electrons. The minimum atomic E-state index is -0.358. The van der Waals surface area contributed by atoms with Crippen LogP contribution in [-0.4, -0.2) is 62.4 Å². The van der Waals surface area contributed by atoms with Gasteiger partial charge in [0.2, 0.25) is 0 Å². The molecule has 0 aliphatic heterocycles. The van der Waals surface area contributed by atoms with Gasteiger partial charge in [0.15, 0.2) is 5.82 Å². The molecular formula is C26H35N5O2. The fourth-order valence-corrected chi connectivity index (χ4v) is 5.53. The summed E-state index contributed by atoms with van der Waals surface area (Å²) in [6, 6.07) is 4.29. The highest BCUT2D eigenvalue weighted by molar-refractivity contribution is 5.69. The maximum atomic E-state index is 9.92. The average Bonchev–Trinajstić information content (AvgIpc) is 3.43. The van der Waals surface area contributed by atoms with Crippen LogP contribution >= 0.6 is 0 Å². The number of hydrogen-bond acceptors (Lipinski definition) is 6. The number of pyridine rings is 1. The van der Waals surface area contributed by atoms with Crippen LogP contribution in [0.2, 0.25) is 0 Å². The van der Waals surface area contributed by atoms with Gasteiger partial charge in [-0.1, -0.05) is 0 Å². The Bertz CT molecular complexity index is 1060. The molecule has 0 saturated heterocycles. The second-order valence-corrected chi connectivity index (χ2v) is 10.1. The molecule has 33 heavy (non-hydrogen) atoms. The zero-order valence-corrected chi connectivity index (χ0v) is 19.7. The van der Waals surface area contributed by atoms with Gasteiger partial charge in [0.25, 0.3) is 0 Å². The van der Waals surface area contributed by atoms with E-state index in [0.29, 0.717) is 18.3 Å². The lowest BCUT2D eigenvalue weighted by Gasteiger charge is -2.30. The molecule has 3 aromatic heterocycles. The summed E-state index contributed by atoms with van der Waals surface area (Å²) in [4.78, 5) is 11.3. The first-order valence-electron chi connectivity index (χ1n) is 12.3. The Hall–Kier alpha value is -2.35. The van der Waals surface area contributed by atoms with Crippen LogP contribution in [-0.2, 0) is 11.3 Å². The van der Waals surface area contributed by atoms with Crippen molar-refractivity contribution in [1.29, 1.82) is 0 Å². The van der Waals surface area contributed by atoms with E-state index < -0.39 is 0 Å². The van der Waals surface area contributed by atoms with E-state index in [1.54, 1.807) is 0 Å². The van der Waals surface area contributed by atoms with Gasteiger partial charge in [-0.15, -0.1) is 0 Å². The summed E-state index contributed by atoms with van der Waals surface area (Å²) < 4.78 is 7.80. The van der Waals surface area contributed by atoms with Crippen molar-refractivity contribution >= 4 is 5.52 Å². The first kappa shape index (κ1) is 22.4. The van der Waals surface area contributed by atoms with Crippen LogP contribution in [0.5, 0.6) is 0 Å². The van der Waals surface area contributed by atoms with Crippen LogP contribution < -0.4 is 0 Å². The first-order chi connectivity index (χ1) is 16.1. The lowest BCUT2D eigenvalue weighted by molar-refractivity contribution is -0.0295. The summed E-state index contributed by atoms with van der Waals surface area (Å²) >= 11 is 0. The minimum absolute atomic E-state index is 0.0890. The van der Waals surface area contributed by atoms with Crippen LogP contribution in [0.1, 0.15) is 62.3 Å². The highest BCUT2D eigenvalue weighted by Gasteiger charge is 2.26. The predicted octanol–water partition coefficient (Wildman–Crippen LogP) is 4.06. The zero-order chi connectivity index (χ0) is 22.8. The van der Waals surface area contributed by atoms with Crippen LogP contribution in [0, 0.1) is 5.92 Å². The number of fused-ring (bicyclic) bond motifs is 1. The number of ether oxygens (including phenoxy) is 1. The molecule has 0 spiro atoms. The van der Waals surface area contributed by atoms with E-state index in [2.05, 4.69) is 52.4 Å². The van der Waals surface area contributed by atoms with Gasteiger partial charge in [0.1, 0.15) is 6.61 Å². The fraction of sp³-hybridized carbons (Fsp3) is 0.577. The molecule has 3 aromatic rings. The summed E-state index contributed by atoms with van der Waals surface area (Å²) in [5.74, 6) is 2.04. The number of hydrogen-bond donors (Lipinski definition) is 1. The summed E-state index contributed by atoms with van der Waals surface area (Å²) in [7, 11) is 4.34. The maximum Gasteiger partial charge on any atom is 0.153 e. The highest BCUT2D eigenvalue weighted by atomic mass is 16.5. The summed E-state index contributed by atoms with van der Waals surface area (Å²) in [5, 5.41) is 14.5. The highest BCUT2D eigenvalue weighted by Crippen LogP contribution is 2.38. The first-order valence-corrected chi connectivity index (χ1v) is 12.3. The maximum absolute atomic E-state index is 9.92. The van der Waals surface area contributed by atoms with Crippen molar-refractivity contribution in [3.63, 3.8) is 0 Å². The molecule has 0 unspecified atom stereocenters. The third-order valence-corrected chi connectivity index (χ3v) is 7.34. The van der Waals surface area contributed by atoms with Crippen LogP contribution in [0.3, 0.4) is 0 Å². The van der Waals surface area contributed by atoms with Gasteiger partial charge in [0.05, 0.1) is 23.9 Å². The molecule has 5 rings (SSSR count). The Balaban J connectivity index is 1.27. The minimum Gasteiger partial charge on any atom is -0.390 e. The number of aliphatic hydroxyl groups is 1. The summed E-state index contributed by atoms with van der Waals surface area (Å²) in [6.45, 7) is 1.53. The van der Waals surface area contributed by atoms with Crippen molar-refractivity contribution in [3.05, 3.63) is 48.3 Å². The molecule has 0 aromatic carbocycles. The standard InChI is InChI=1S/C26H35N5O2/c1-30(2)16-18-6-8-19(9-7-18)22-15-29-31-11-10-20(12-23(22)31)21-13-27-26(28-14-21)17-33-25-5-3-4-24(25)32/h10-15,18-19,24-25,32H,3-9,16-17H2,1-2H3/t18?,19?,24-,25+/m1/s1. The Morgan fingerprint density at radius 2 is 1.82 bits per heavy atom. The van der Waals surface area contributed by atoms with Crippen molar-refractivity contribution in [2.24, 2.45) is 5.92 Å². The van der Waals surface area contributed by atoms with Gasteiger partial charge in [0, 0.05) is 36.3 Å². The van der Waals surface area contributed by atoms with Gasteiger partial charge in [-0.2, -0.15) is 5.10 Å². The van der Waals surface area contributed by atoms with Gasteiger partial charge in [-0.05, 0) is 88.6 Å². The Kier molecular flexibility index (Phi) is 6.71. The molecule has 0 amide bonds. The SMILES string of the molecule is CN(C)CC1CCC(c2cnn3ccc(-c4cnc(CO[C@H]5CCC[C@H]5O)nc4)cc23)CC1. The quantitative estimate of drug-likeness (QED) is 0.586. The number of rotatable bonds is 7. The number of nitrogens with zero attached hydrogens (tertiary/aromatic N) is 5. The molecule has 2 aliphatic rings. The molecule has 3 heterocycles. The third-order valence-electron chi connectivity index (χ3n) is 7.34. The molecule has 2 fully saturated rings. The van der Waals surface area contributed by atoms with E-state index in [1.165, 1.54) is 43.3 Å². The van der Waals surface area contributed by atoms with Crippen LogP contribution in [0.4, 0.5) is 0 Å². The van der Waals surface area contributed by atoms with E-state index in [0.717, 1.165) is 36.3 Å². The molecule has 2 atom stereocenters. The molecule has 2 saturated carbocycles. The van der Waals surface area contributed by atoms with Gasteiger partial charge < -0.3 is 14.7 Å². The van der Waals surface area contributed by atoms with Crippen molar-refractivity contribution in [1.82, 2.24) is 24.5 Å². The van der Waals surface area contributed by atoms with Crippen molar-refractivity contribution < 1.29 is 9.84 Å². The topological polar surface area (TPSA) is 75.8 Å².